The highest BCUT2D eigenvalue weighted by atomic mass is 15.3. The fourth-order valence-electron chi connectivity index (χ4n) is 1.50. The first-order chi connectivity index (χ1) is 7.72. The molecule has 0 spiro atoms. The molecule has 1 N–H and O–H groups in total. The highest BCUT2D eigenvalue weighted by Gasteiger charge is 2.05. The molecule has 2 aromatic heterocycles. The molecule has 2 heterocycles. The second-order valence-electron chi connectivity index (χ2n) is 3.55. The standard InChI is InChI=1S/C11H15N5/c1-4-16-7-9(6-13-16)10-5-8(2)14-11(12-3)15-10/h5-7H,4H2,1-3H3,(H,12,14,15). The van der Waals surface area contributed by atoms with Crippen LogP contribution in [0.4, 0.5) is 5.95 Å². The number of rotatable bonds is 3. The molecule has 0 saturated carbocycles. The maximum atomic E-state index is 4.39. The minimum atomic E-state index is 0.638. The zero-order valence-electron chi connectivity index (χ0n) is 9.73. The molecular formula is C11H15N5. The van der Waals surface area contributed by atoms with Crippen molar-refractivity contribution in [2.75, 3.05) is 12.4 Å². The Morgan fingerprint density at radius 2 is 2.19 bits per heavy atom. The molecule has 2 aromatic rings. The van der Waals surface area contributed by atoms with Crippen molar-refractivity contribution in [2.24, 2.45) is 0 Å². The summed E-state index contributed by atoms with van der Waals surface area (Å²) in [5, 5.41) is 7.18. The topological polar surface area (TPSA) is 55.6 Å². The van der Waals surface area contributed by atoms with Gasteiger partial charge in [0.15, 0.2) is 0 Å². The van der Waals surface area contributed by atoms with Gasteiger partial charge in [-0.2, -0.15) is 5.10 Å². The fraction of sp³-hybridized carbons (Fsp3) is 0.364. The molecule has 0 aromatic carbocycles. The van der Waals surface area contributed by atoms with Gasteiger partial charge in [0.2, 0.25) is 5.95 Å². The highest BCUT2D eigenvalue weighted by Crippen LogP contribution is 2.18. The summed E-state index contributed by atoms with van der Waals surface area (Å²) in [4.78, 5) is 8.65. The van der Waals surface area contributed by atoms with Crippen LogP contribution in [0.5, 0.6) is 0 Å². The molecule has 0 unspecified atom stereocenters. The average Bonchev–Trinajstić information content (AvgIpc) is 2.76. The largest absolute Gasteiger partial charge is 0.357 e. The molecule has 0 radical (unpaired) electrons. The van der Waals surface area contributed by atoms with Gasteiger partial charge in [-0.1, -0.05) is 0 Å². The first-order valence-electron chi connectivity index (χ1n) is 5.29. The maximum absolute atomic E-state index is 4.39. The zero-order chi connectivity index (χ0) is 11.5. The minimum Gasteiger partial charge on any atom is -0.357 e. The van der Waals surface area contributed by atoms with Crippen molar-refractivity contribution in [3.05, 3.63) is 24.2 Å². The molecule has 0 saturated heterocycles. The van der Waals surface area contributed by atoms with E-state index in [1.54, 1.807) is 0 Å². The van der Waals surface area contributed by atoms with Gasteiger partial charge in [-0.3, -0.25) is 4.68 Å². The van der Waals surface area contributed by atoms with Crippen LogP contribution >= 0.6 is 0 Å². The lowest BCUT2D eigenvalue weighted by Gasteiger charge is -2.03. The van der Waals surface area contributed by atoms with Crippen LogP contribution in [0.3, 0.4) is 0 Å². The second kappa shape index (κ2) is 4.30. The SMILES string of the molecule is CCn1cc(-c2cc(C)nc(NC)n2)cn1. The monoisotopic (exact) mass is 217 g/mol. The molecule has 2 rings (SSSR count). The summed E-state index contributed by atoms with van der Waals surface area (Å²) in [7, 11) is 1.81. The van der Waals surface area contributed by atoms with Gasteiger partial charge in [0.25, 0.3) is 0 Å². The van der Waals surface area contributed by atoms with E-state index >= 15 is 0 Å². The second-order valence-corrected chi connectivity index (χ2v) is 3.55. The summed E-state index contributed by atoms with van der Waals surface area (Å²) >= 11 is 0. The van der Waals surface area contributed by atoms with Crippen LogP contribution in [0.1, 0.15) is 12.6 Å². The van der Waals surface area contributed by atoms with E-state index in [0.29, 0.717) is 5.95 Å². The quantitative estimate of drug-likeness (QED) is 0.850. The summed E-state index contributed by atoms with van der Waals surface area (Å²) in [5.41, 5.74) is 2.86. The van der Waals surface area contributed by atoms with E-state index in [4.69, 9.17) is 0 Å². The lowest BCUT2D eigenvalue weighted by atomic mass is 10.2. The fourth-order valence-corrected chi connectivity index (χ4v) is 1.50. The predicted molar refractivity (Wildman–Crippen MR) is 63.2 cm³/mol. The molecule has 0 fully saturated rings. The van der Waals surface area contributed by atoms with E-state index in [1.807, 2.05) is 37.1 Å². The van der Waals surface area contributed by atoms with Gasteiger partial charge >= 0.3 is 0 Å². The van der Waals surface area contributed by atoms with E-state index in [0.717, 1.165) is 23.5 Å². The predicted octanol–water partition coefficient (Wildman–Crippen LogP) is 1.71. The Hall–Kier alpha value is -1.91. The van der Waals surface area contributed by atoms with Gasteiger partial charge in [-0.25, -0.2) is 9.97 Å². The van der Waals surface area contributed by atoms with Gasteiger partial charge in [-0.15, -0.1) is 0 Å². The summed E-state index contributed by atoms with van der Waals surface area (Å²) in [6.07, 6.45) is 3.81. The molecule has 0 amide bonds. The smallest absolute Gasteiger partial charge is 0.223 e. The van der Waals surface area contributed by atoms with Gasteiger partial charge in [0.05, 0.1) is 11.9 Å². The van der Waals surface area contributed by atoms with Crippen molar-refractivity contribution in [3.63, 3.8) is 0 Å². The molecule has 0 aliphatic heterocycles. The molecule has 16 heavy (non-hydrogen) atoms. The summed E-state index contributed by atoms with van der Waals surface area (Å²) < 4.78 is 1.88. The molecule has 0 aliphatic carbocycles. The van der Waals surface area contributed by atoms with E-state index < -0.39 is 0 Å². The highest BCUT2D eigenvalue weighted by molar-refractivity contribution is 5.58. The molecule has 0 atom stereocenters. The van der Waals surface area contributed by atoms with Crippen molar-refractivity contribution in [1.82, 2.24) is 19.7 Å². The number of hydrogen-bond donors (Lipinski definition) is 1. The molecule has 5 nitrogen and oxygen atoms in total. The lowest BCUT2D eigenvalue weighted by Crippen LogP contribution is -1.99. The van der Waals surface area contributed by atoms with Gasteiger partial charge in [-0.05, 0) is 19.9 Å². The molecule has 5 heteroatoms. The van der Waals surface area contributed by atoms with Crippen molar-refractivity contribution < 1.29 is 0 Å². The first-order valence-corrected chi connectivity index (χ1v) is 5.29. The maximum Gasteiger partial charge on any atom is 0.223 e. The molecule has 0 aliphatic rings. The van der Waals surface area contributed by atoms with E-state index in [1.165, 1.54) is 0 Å². The average molecular weight is 217 g/mol. The van der Waals surface area contributed by atoms with Crippen LogP contribution in [-0.4, -0.2) is 26.8 Å². The normalized spacial score (nSPS) is 10.4. The number of hydrogen-bond acceptors (Lipinski definition) is 4. The van der Waals surface area contributed by atoms with Crippen LogP contribution in [-0.2, 0) is 6.54 Å². The Morgan fingerprint density at radius 3 is 2.81 bits per heavy atom. The molecule has 0 bridgehead atoms. The Bertz CT molecular complexity index is 489. The molecular weight excluding hydrogens is 202 g/mol. The van der Waals surface area contributed by atoms with Crippen LogP contribution in [0, 0.1) is 6.92 Å². The third-order valence-corrected chi connectivity index (χ3v) is 2.33. The summed E-state index contributed by atoms with van der Waals surface area (Å²) in [6.45, 7) is 4.88. The van der Waals surface area contributed by atoms with Gasteiger partial charge in [0, 0.05) is 31.0 Å². The van der Waals surface area contributed by atoms with Gasteiger partial charge in [0.1, 0.15) is 0 Å². The Kier molecular flexibility index (Phi) is 2.85. The minimum absolute atomic E-state index is 0.638. The van der Waals surface area contributed by atoms with Crippen LogP contribution in [0.25, 0.3) is 11.3 Å². The number of nitrogens with zero attached hydrogens (tertiary/aromatic N) is 4. The van der Waals surface area contributed by atoms with E-state index in [9.17, 15) is 0 Å². The van der Waals surface area contributed by atoms with Crippen molar-refractivity contribution in [3.8, 4) is 11.3 Å². The Balaban J connectivity index is 2.42. The van der Waals surface area contributed by atoms with Gasteiger partial charge < -0.3 is 5.32 Å². The van der Waals surface area contributed by atoms with E-state index in [2.05, 4.69) is 27.3 Å². The van der Waals surface area contributed by atoms with Crippen LogP contribution in [0.2, 0.25) is 0 Å². The Morgan fingerprint density at radius 1 is 1.38 bits per heavy atom. The summed E-state index contributed by atoms with van der Waals surface area (Å²) in [5.74, 6) is 0.638. The lowest BCUT2D eigenvalue weighted by molar-refractivity contribution is 0.660. The van der Waals surface area contributed by atoms with Crippen molar-refractivity contribution >= 4 is 5.95 Å². The summed E-state index contributed by atoms with van der Waals surface area (Å²) in [6, 6.07) is 1.96. The van der Waals surface area contributed by atoms with Crippen LogP contribution < -0.4 is 5.32 Å². The number of aryl methyl sites for hydroxylation is 2. The molecule has 84 valence electrons. The zero-order valence-corrected chi connectivity index (χ0v) is 9.73. The van der Waals surface area contributed by atoms with Crippen molar-refractivity contribution in [2.45, 2.75) is 20.4 Å². The van der Waals surface area contributed by atoms with Crippen LogP contribution in [0.15, 0.2) is 18.5 Å². The third kappa shape index (κ3) is 2.03. The number of aromatic nitrogens is 4. The first kappa shape index (κ1) is 10.6. The third-order valence-electron chi connectivity index (χ3n) is 2.33. The Labute approximate surface area is 94.5 Å². The number of anilines is 1. The van der Waals surface area contributed by atoms with E-state index in [-0.39, 0.29) is 0 Å². The number of nitrogens with one attached hydrogen (secondary N) is 1. The van der Waals surface area contributed by atoms with Crippen molar-refractivity contribution in [1.29, 1.82) is 0 Å².